The Morgan fingerprint density at radius 2 is 1.79 bits per heavy atom. The number of aliphatic hydroxyl groups is 2. The largest absolute Gasteiger partial charge is 0.468 e. The Balaban J connectivity index is 1.80. The summed E-state index contributed by atoms with van der Waals surface area (Å²) in [6.45, 7) is 2.59. The molecular weight excluding hydrogens is 450 g/mol. The molecule has 9 heteroatoms. The van der Waals surface area contributed by atoms with E-state index in [2.05, 4.69) is 22.0 Å². The van der Waals surface area contributed by atoms with Gasteiger partial charge in [0.05, 0.1) is 19.3 Å². The van der Waals surface area contributed by atoms with Gasteiger partial charge in [0.2, 0.25) is 10.0 Å². The number of piperidine rings is 1. The normalized spacial score (nSPS) is 29.8. The molecule has 0 bridgehead atoms. The third kappa shape index (κ3) is 3.63. The van der Waals surface area contributed by atoms with Crippen molar-refractivity contribution in [2.75, 3.05) is 20.2 Å². The molecule has 2 N–H and O–H groups in total. The van der Waals surface area contributed by atoms with Crippen LogP contribution in [0.4, 0.5) is 0 Å². The van der Waals surface area contributed by atoms with Crippen LogP contribution in [0.3, 0.4) is 0 Å². The summed E-state index contributed by atoms with van der Waals surface area (Å²) in [6, 6.07) is 6.16. The first-order chi connectivity index (χ1) is 13.1. The van der Waals surface area contributed by atoms with Gasteiger partial charge in [-0.25, -0.2) is 12.7 Å². The minimum Gasteiger partial charge on any atom is -0.468 e. The highest BCUT2D eigenvalue weighted by atomic mass is 79.9. The first-order valence-corrected chi connectivity index (χ1v) is 11.6. The number of benzene rings is 1. The number of hydrogen-bond donors (Lipinski definition) is 2. The van der Waals surface area contributed by atoms with Crippen molar-refractivity contribution in [2.45, 2.75) is 55.5 Å². The highest BCUT2D eigenvalue weighted by Crippen LogP contribution is 2.42. The minimum absolute atomic E-state index is 0.243. The Hall–Kier alpha value is -1.00. The van der Waals surface area contributed by atoms with Crippen LogP contribution in [0.15, 0.2) is 22.7 Å². The van der Waals surface area contributed by atoms with Crippen LogP contribution in [0.1, 0.15) is 42.7 Å². The van der Waals surface area contributed by atoms with Crippen molar-refractivity contribution in [1.82, 2.24) is 4.31 Å². The molecule has 7 nitrogen and oxygen atoms in total. The lowest BCUT2D eigenvalue weighted by Crippen LogP contribution is -2.54. The second kappa shape index (κ2) is 8.02. The zero-order valence-corrected chi connectivity index (χ0v) is 18.4. The number of nitrogens with zero attached hydrogens (tertiary/aromatic N) is 1. The molecule has 1 aromatic carbocycles. The van der Waals surface area contributed by atoms with Gasteiger partial charge in [0.1, 0.15) is 0 Å². The van der Waals surface area contributed by atoms with Gasteiger partial charge < -0.3 is 14.9 Å². The molecule has 2 fully saturated rings. The fourth-order valence-corrected chi connectivity index (χ4v) is 6.79. The van der Waals surface area contributed by atoms with Crippen molar-refractivity contribution in [3.8, 4) is 0 Å². The number of carbonyl (C=O) groups is 1. The summed E-state index contributed by atoms with van der Waals surface area (Å²) >= 11 is 3.49. The molecular formula is C19H26BrNO6S. The smallest absolute Gasteiger partial charge is 0.328 e. The number of sulfonamides is 1. The molecule has 3 rings (SSSR count). The lowest BCUT2D eigenvalue weighted by molar-refractivity contribution is -0.144. The number of rotatable bonds is 4. The van der Waals surface area contributed by atoms with E-state index in [9.17, 15) is 23.4 Å². The number of halogens is 1. The second-order valence-electron chi connectivity index (χ2n) is 7.72. The van der Waals surface area contributed by atoms with Gasteiger partial charge in [-0.3, -0.25) is 4.79 Å². The molecule has 1 aliphatic heterocycles. The summed E-state index contributed by atoms with van der Waals surface area (Å²) < 4.78 is 31.9. The highest BCUT2D eigenvalue weighted by Gasteiger charge is 2.61. The van der Waals surface area contributed by atoms with E-state index in [0.29, 0.717) is 12.8 Å². The van der Waals surface area contributed by atoms with Crippen molar-refractivity contribution < 1.29 is 28.2 Å². The number of methoxy groups -OCH3 is 1. The number of carbonyl (C=O) groups excluding carboxylic acids is 1. The van der Waals surface area contributed by atoms with E-state index < -0.39 is 32.9 Å². The standard InChI is InChI=1S/C19H26BrNO6S/c1-12-9-14(3-4-15(12)20)13-5-7-21(8-6-13)28(25,26)19(18(24)27-2)10-16(22)17(23)11-19/h3-4,9,13,16-17,22-23H,5-8,10-11H2,1-2H3/t16-,17+,19-. The van der Waals surface area contributed by atoms with Gasteiger partial charge in [-0.05, 0) is 42.9 Å². The van der Waals surface area contributed by atoms with E-state index in [1.54, 1.807) is 0 Å². The van der Waals surface area contributed by atoms with Gasteiger partial charge in [-0.2, -0.15) is 0 Å². The Morgan fingerprint density at radius 3 is 2.29 bits per heavy atom. The Kier molecular flexibility index (Phi) is 6.22. The number of esters is 1. The molecule has 0 unspecified atom stereocenters. The first-order valence-electron chi connectivity index (χ1n) is 9.32. The zero-order chi connectivity index (χ0) is 20.7. The minimum atomic E-state index is -4.09. The average molecular weight is 476 g/mol. The lowest BCUT2D eigenvalue weighted by atomic mass is 9.89. The van der Waals surface area contributed by atoms with Crippen LogP contribution < -0.4 is 0 Å². The molecule has 156 valence electrons. The molecule has 0 aromatic heterocycles. The third-order valence-electron chi connectivity index (χ3n) is 6.02. The third-order valence-corrected chi connectivity index (χ3v) is 9.44. The van der Waals surface area contributed by atoms with Crippen LogP contribution in [-0.2, 0) is 19.6 Å². The highest BCUT2D eigenvalue weighted by molar-refractivity contribution is 9.10. The van der Waals surface area contributed by atoms with Gasteiger partial charge >= 0.3 is 5.97 Å². The Bertz CT molecular complexity index is 840. The van der Waals surface area contributed by atoms with E-state index in [4.69, 9.17) is 4.74 Å². The second-order valence-corrected chi connectivity index (χ2v) is 10.8. The topological polar surface area (TPSA) is 104 Å². The summed E-state index contributed by atoms with van der Waals surface area (Å²) in [6.07, 6.45) is -1.95. The van der Waals surface area contributed by atoms with Crippen LogP contribution >= 0.6 is 15.9 Å². The van der Waals surface area contributed by atoms with Gasteiger partial charge in [-0.15, -0.1) is 0 Å². The van der Waals surface area contributed by atoms with Gasteiger partial charge in [-0.1, -0.05) is 28.1 Å². The number of aliphatic hydroxyl groups excluding tert-OH is 2. The van der Waals surface area contributed by atoms with E-state index >= 15 is 0 Å². The molecule has 0 spiro atoms. The number of aryl methyl sites for hydroxylation is 1. The average Bonchev–Trinajstić information content (AvgIpc) is 2.99. The molecule has 1 saturated carbocycles. The van der Waals surface area contributed by atoms with E-state index in [1.807, 2.05) is 19.1 Å². The molecule has 1 aliphatic carbocycles. The van der Waals surface area contributed by atoms with E-state index in [0.717, 1.165) is 17.1 Å². The fraction of sp³-hybridized carbons (Fsp3) is 0.632. The quantitative estimate of drug-likeness (QED) is 0.642. The van der Waals surface area contributed by atoms with Crippen molar-refractivity contribution in [3.05, 3.63) is 33.8 Å². The Morgan fingerprint density at radius 1 is 1.21 bits per heavy atom. The van der Waals surface area contributed by atoms with Crippen LogP contribution in [0, 0.1) is 6.92 Å². The maximum atomic E-state index is 13.3. The van der Waals surface area contributed by atoms with Crippen LogP contribution in [0.2, 0.25) is 0 Å². The summed E-state index contributed by atoms with van der Waals surface area (Å²) in [5.74, 6) is -0.680. The predicted octanol–water partition coefficient (Wildman–Crippen LogP) is 1.69. The van der Waals surface area contributed by atoms with Crippen molar-refractivity contribution in [2.24, 2.45) is 0 Å². The van der Waals surface area contributed by atoms with Crippen molar-refractivity contribution in [1.29, 1.82) is 0 Å². The van der Waals surface area contributed by atoms with Gasteiger partial charge in [0, 0.05) is 30.4 Å². The number of hydrogen-bond acceptors (Lipinski definition) is 6. The van der Waals surface area contributed by atoms with Crippen LogP contribution in [0.5, 0.6) is 0 Å². The first kappa shape index (κ1) is 21.7. The van der Waals surface area contributed by atoms with E-state index in [-0.39, 0.29) is 31.8 Å². The summed E-state index contributed by atoms with van der Waals surface area (Å²) in [4.78, 5) is 12.4. The monoisotopic (exact) mass is 475 g/mol. The maximum absolute atomic E-state index is 13.3. The van der Waals surface area contributed by atoms with Crippen LogP contribution in [-0.4, -0.2) is 66.1 Å². The fourth-order valence-electron chi connectivity index (χ4n) is 4.30. The molecule has 1 aromatic rings. The number of ether oxygens (including phenoxy) is 1. The molecule has 28 heavy (non-hydrogen) atoms. The molecule has 1 heterocycles. The van der Waals surface area contributed by atoms with E-state index in [1.165, 1.54) is 9.87 Å². The molecule has 3 atom stereocenters. The maximum Gasteiger partial charge on any atom is 0.328 e. The SMILES string of the molecule is COC(=O)[C@@]1(S(=O)(=O)N2CCC(c3ccc(Br)c(C)c3)CC2)C[C@@H](O)[C@@H](O)C1. The molecule has 2 aliphatic rings. The molecule has 0 amide bonds. The summed E-state index contributed by atoms with van der Waals surface area (Å²) in [5, 5.41) is 19.9. The van der Waals surface area contributed by atoms with Gasteiger partial charge in [0.15, 0.2) is 4.75 Å². The summed E-state index contributed by atoms with van der Waals surface area (Å²) in [7, 11) is -2.97. The Labute approximate surface area is 173 Å². The predicted molar refractivity (Wildman–Crippen MR) is 107 cm³/mol. The summed E-state index contributed by atoms with van der Waals surface area (Å²) in [5.41, 5.74) is 2.30. The van der Waals surface area contributed by atoms with Gasteiger partial charge in [0.25, 0.3) is 0 Å². The molecule has 0 radical (unpaired) electrons. The lowest BCUT2D eigenvalue weighted by Gasteiger charge is -2.37. The van der Waals surface area contributed by atoms with Crippen molar-refractivity contribution >= 4 is 31.9 Å². The molecule has 1 saturated heterocycles. The van der Waals surface area contributed by atoms with Crippen molar-refractivity contribution in [3.63, 3.8) is 0 Å². The van der Waals surface area contributed by atoms with Crippen LogP contribution in [0.25, 0.3) is 0 Å². The zero-order valence-electron chi connectivity index (χ0n) is 16.0.